The van der Waals surface area contributed by atoms with Gasteiger partial charge in [-0.25, -0.2) is 4.79 Å². The van der Waals surface area contributed by atoms with Crippen LogP contribution in [0.5, 0.6) is 0 Å². The molecule has 0 aliphatic carbocycles. The van der Waals surface area contributed by atoms with Gasteiger partial charge in [0.05, 0.1) is 18.5 Å². The van der Waals surface area contributed by atoms with Crippen LogP contribution in [-0.4, -0.2) is 44.0 Å². The van der Waals surface area contributed by atoms with Crippen LogP contribution in [0.1, 0.15) is 24.3 Å². The van der Waals surface area contributed by atoms with Crippen LogP contribution in [-0.2, 0) is 16.9 Å². The third-order valence-electron chi connectivity index (χ3n) is 4.94. The Bertz CT molecular complexity index is 888. The fourth-order valence-electron chi connectivity index (χ4n) is 3.45. The maximum atomic E-state index is 12.1. The minimum Gasteiger partial charge on any atom is -0.479 e. The summed E-state index contributed by atoms with van der Waals surface area (Å²) in [5.74, 6) is 0.564. The molecule has 1 saturated heterocycles. The van der Waals surface area contributed by atoms with Crippen molar-refractivity contribution < 1.29 is 18.8 Å². The number of furan rings is 1. The Morgan fingerprint density at radius 2 is 2.15 bits per heavy atom. The molecule has 1 fully saturated rings. The van der Waals surface area contributed by atoms with Gasteiger partial charge in [-0.3, -0.25) is 9.58 Å². The van der Waals surface area contributed by atoms with Crippen molar-refractivity contribution >= 4 is 5.97 Å². The summed E-state index contributed by atoms with van der Waals surface area (Å²) in [6.07, 6.45) is 4.23. The molecule has 26 heavy (non-hydrogen) atoms. The lowest BCUT2D eigenvalue weighted by molar-refractivity contribution is -0.151. The van der Waals surface area contributed by atoms with Crippen LogP contribution >= 0.6 is 0 Å². The molecule has 136 valence electrons. The van der Waals surface area contributed by atoms with Gasteiger partial charge in [0.25, 0.3) is 0 Å². The van der Waals surface area contributed by atoms with E-state index in [4.69, 9.17) is 8.94 Å². The molecular formula is C18H20N4O4. The van der Waals surface area contributed by atoms with E-state index in [1.54, 1.807) is 29.3 Å². The zero-order chi connectivity index (χ0) is 18.1. The molecular weight excluding hydrogens is 336 g/mol. The number of rotatable bonds is 5. The first-order chi connectivity index (χ1) is 12.6. The molecule has 8 nitrogen and oxygen atoms in total. The number of aliphatic carboxylic acids is 1. The lowest BCUT2D eigenvalue weighted by Crippen LogP contribution is -2.51. The highest BCUT2D eigenvalue weighted by atomic mass is 16.5. The number of carboxylic acids is 1. The van der Waals surface area contributed by atoms with Crippen molar-refractivity contribution in [1.29, 1.82) is 0 Å². The van der Waals surface area contributed by atoms with E-state index in [9.17, 15) is 9.90 Å². The summed E-state index contributed by atoms with van der Waals surface area (Å²) in [4.78, 5) is 14.3. The highest BCUT2D eigenvalue weighted by Crippen LogP contribution is 2.32. The second-order valence-corrected chi connectivity index (χ2v) is 6.67. The van der Waals surface area contributed by atoms with Gasteiger partial charge in [0, 0.05) is 25.4 Å². The number of piperidine rings is 1. The van der Waals surface area contributed by atoms with Gasteiger partial charge in [0.15, 0.2) is 17.1 Å². The van der Waals surface area contributed by atoms with Crippen molar-refractivity contribution in [3.63, 3.8) is 0 Å². The van der Waals surface area contributed by atoms with Crippen molar-refractivity contribution in [2.45, 2.75) is 31.8 Å². The number of nitrogens with zero attached hydrogens (tertiary/aromatic N) is 4. The minimum atomic E-state index is -1.04. The van der Waals surface area contributed by atoms with Gasteiger partial charge in [-0.2, -0.15) is 5.10 Å². The zero-order valence-electron chi connectivity index (χ0n) is 14.5. The van der Waals surface area contributed by atoms with Crippen LogP contribution in [0.4, 0.5) is 0 Å². The number of aromatic nitrogens is 3. The van der Waals surface area contributed by atoms with Crippen LogP contribution in [0.2, 0.25) is 0 Å². The van der Waals surface area contributed by atoms with Gasteiger partial charge >= 0.3 is 5.97 Å². The van der Waals surface area contributed by atoms with E-state index in [1.165, 1.54) is 0 Å². The first kappa shape index (κ1) is 16.6. The predicted molar refractivity (Wildman–Crippen MR) is 91.3 cm³/mol. The van der Waals surface area contributed by atoms with Crippen molar-refractivity contribution in [3.05, 3.63) is 48.2 Å². The van der Waals surface area contributed by atoms with E-state index in [0.29, 0.717) is 43.9 Å². The monoisotopic (exact) mass is 356 g/mol. The van der Waals surface area contributed by atoms with Crippen LogP contribution in [0.15, 0.2) is 45.7 Å². The van der Waals surface area contributed by atoms with Crippen molar-refractivity contribution in [3.8, 4) is 11.5 Å². The molecule has 0 atom stereocenters. The van der Waals surface area contributed by atoms with Crippen LogP contribution < -0.4 is 0 Å². The van der Waals surface area contributed by atoms with Gasteiger partial charge in [0.2, 0.25) is 0 Å². The lowest BCUT2D eigenvalue weighted by atomic mass is 9.87. The summed E-state index contributed by atoms with van der Waals surface area (Å²) in [7, 11) is 0. The summed E-state index contributed by atoms with van der Waals surface area (Å²) < 4.78 is 12.2. The first-order valence-corrected chi connectivity index (χ1v) is 8.55. The third kappa shape index (κ3) is 2.92. The summed E-state index contributed by atoms with van der Waals surface area (Å²) in [5.41, 5.74) is 0.438. The van der Waals surface area contributed by atoms with Crippen LogP contribution in [0, 0.1) is 6.92 Å². The fourth-order valence-corrected chi connectivity index (χ4v) is 3.45. The third-order valence-corrected chi connectivity index (χ3v) is 4.94. The number of aryl methyl sites for hydroxylation is 1. The Morgan fingerprint density at radius 1 is 1.35 bits per heavy atom. The summed E-state index contributed by atoms with van der Waals surface area (Å²) in [6.45, 7) is 3.80. The predicted octanol–water partition coefficient (Wildman–Crippen LogP) is 2.52. The standard InChI is InChI=1S/C18H20N4O4/c1-13-11-14(26-20-13)12-21-8-5-18(6-9-21,17(23)24)22-7-4-15(19-22)16-3-2-10-25-16/h2-4,7,10-11H,5-6,8-9,12H2,1H3,(H,23,24). The number of hydrogen-bond acceptors (Lipinski definition) is 6. The molecule has 1 N–H and O–H groups in total. The Hall–Kier alpha value is -2.87. The highest BCUT2D eigenvalue weighted by Gasteiger charge is 2.44. The molecule has 8 heteroatoms. The molecule has 4 rings (SSSR count). The number of hydrogen-bond donors (Lipinski definition) is 1. The molecule has 0 spiro atoms. The highest BCUT2D eigenvalue weighted by molar-refractivity contribution is 5.77. The summed E-state index contributed by atoms with van der Waals surface area (Å²) in [6, 6.07) is 7.28. The molecule has 1 aliphatic heterocycles. The van der Waals surface area contributed by atoms with Gasteiger partial charge in [0.1, 0.15) is 5.69 Å². The quantitative estimate of drug-likeness (QED) is 0.750. The average Bonchev–Trinajstić information content (AvgIpc) is 3.37. The molecule has 1 aliphatic rings. The molecule has 0 radical (unpaired) electrons. The van der Waals surface area contributed by atoms with E-state index in [-0.39, 0.29) is 0 Å². The number of likely N-dealkylation sites (tertiary alicyclic amines) is 1. The number of carboxylic acid groups (broad SMARTS) is 1. The molecule has 3 aromatic heterocycles. The Kier molecular flexibility index (Phi) is 4.12. The largest absolute Gasteiger partial charge is 0.479 e. The maximum Gasteiger partial charge on any atom is 0.331 e. The maximum absolute atomic E-state index is 12.1. The first-order valence-electron chi connectivity index (χ1n) is 8.55. The van der Waals surface area contributed by atoms with Crippen LogP contribution in [0.3, 0.4) is 0 Å². The van der Waals surface area contributed by atoms with E-state index in [2.05, 4.69) is 15.2 Å². The van der Waals surface area contributed by atoms with Gasteiger partial charge < -0.3 is 14.0 Å². The summed E-state index contributed by atoms with van der Waals surface area (Å²) >= 11 is 0. The minimum absolute atomic E-state index is 0.467. The SMILES string of the molecule is Cc1cc(CN2CCC(C(=O)O)(n3ccc(-c4ccco4)n3)CC2)on1. The molecule has 0 amide bonds. The average molecular weight is 356 g/mol. The van der Waals surface area contributed by atoms with Gasteiger partial charge in [-0.1, -0.05) is 5.16 Å². The smallest absolute Gasteiger partial charge is 0.331 e. The van der Waals surface area contributed by atoms with E-state index in [0.717, 1.165) is 11.5 Å². The van der Waals surface area contributed by atoms with E-state index < -0.39 is 11.5 Å². The molecule has 3 aromatic rings. The number of carbonyl (C=O) groups is 1. The lowest BCUT2D eigenvalue weighted by Gasteiger charge is -2.38. The Labute approximate surface area is 150 Å². The van der Waals surface area contributed by atoms with Gasteiger partial charge in [-0.15, -0.1) is 0 Å². The Balaban J connectivity index is 1.51. The van der Waals surface area contributed by atoms with Crippen molar-refractivity contribution in [1.82, 2.24) is 19.8 Å². The normalized spacial score (nSPS) is 17.4. The summed E-state index contributed by atoms with van der Waals surface area (Å²) in [5, 5.41) is 18.3. The van der Waals surface area contributed by atoms with Crippen molar-refractivity contribution in [2.75, 3.05) is 13.1 Å². The second-order valence-electron chi connectivity index (χ2n) is 6.67. The van der Waals surface area contributed by atoms with Crippen molar-refractivity contribution in [2.24, 2.45) is 0 Å². The molecule has 0 aromatic carbocycles. The fraction of sp³-hybridized carbons (Fsp3) is 0.389. The Morgan fingerprint density at radius 3 is 2.77 bits per heavy atom. The molecule has 4 heterocycles. The second kappa shape index (κ2) is 6.45. The van der Waals surface area contributed by atoms with Crippen LogP contribution in [0.25, 0.3) is 11.5 Å². The van der Waals surface area contributed by atoms with E-state index in [1.807, 2.05) is 19.1 Å². The molecule has 0 saturated carbocycles. The van der Waals surface area contributed by atoms with Gasteiger partial charge in [-0.05, 0) is 38.0 Å². The topological polar surface area (TPSA) is 97.5 Å². The zero-order valence-corrected chi connectivity index (χ0v) is 14.5. The molecule has 0 bridgehead atoms. The van der Waals surface area contributed by atoms with E-state index >= 15 is 0 Å². The molecule has 0 unspecified atom stereocenters.